The van der Waals surface area contributed by atoms with Crippen LogP contribution in [0, 0.1) is 5.92 Å². The number of carbonyl (C=O) groups excluding carboxylic acids is 1. The summed E-state index contributed by atoms with van der Waals surface area (Å²) in [7, 11) is 1.34. The molecular formula is C31H28O4. The van der Waals surface area contributed by atoms with Gasteiger partial charge in [0.05, 0.1) is 13.2 Å². The first kappa shape index (κ1) is 23.0. The molecule has 0 spiro atoms. The minimum Gasteiger partial charge on any atom is -0.467 e. The van der Waals surface area contributed by atoms with Crippen molar-refractivity contribution in [1.82, 2.24) is 0 Å². The first-order chi connectivity index (χ1) is 17.1. The molecule has 1 aliphatic heterocycles. The molecule has 0 amide bonds. The largest absolute Gasteiger partial charge is 0.467 e. The summed E-state index contributed by atoms with van der Waals surface area (Å²) in [6.07, 6.45) is -0.0712. The SMILES string of the molecule is COC(=O)[C@@]1(c2ccccc2)O[C@H](c2ccccc2)[C@@H](Cc2ccccc2)[C@]1(O)c1ccccc1. The zero-order chi connectivity index (χ0) is 24.3. The van der Waals surface area contributed by atoms with Crippen molar-refractivity contribution in [2.75, 3.05) is 7.11 Å². The Morgan fingerprint density at radius 1 is 0.771 bits per heavy atom. The van der Waals surface area contributed by atoms with E-state index in [-0.39, 0.29) is 0 Å². The number of esters is 1. The highest BCUT2D eigenvalue weighted by molar-refractivity contribution is 5.84. The number of methoxy groups -OCH3 is 1. The summed E-state index contributed by atoms with van der Waals surface area (Å²) in [6.45, 7) is 0. The first-order valence-corrected chi connectivity index (χ1v) is 11.8. The van der Waals surface area contributed by atoms with Gasteiger partial charge >= 0.3 is 5.97 Å². The highest BCUT2D eigenvalue weighted by atomic mass is 16.6. The minimum atomic E-state index is -1.77. The van der Waals surface area contributed by atoms with Crippen LogP contribution in [0.1, 0.15) is 28.4 Å². The topological polar surface area (TPSA) is 55.8 Å². The lowest BCUT2D eigenvalue weighted by molar-refractivity contribution is -0.197. The maximum absolute atomic E-state index is 13.8. The van der Waals surface area contributed by atoms with Crippen molar-refractivity contribution in [1.29, 1.82) is 0 Å². The fraction of sp³-hybridized carbons (Fsp3) is 0.194. The molecule has 4 aromatic rings. The van der Waals surface area contributed by atoms with Crippen LogP contribution in [-0.2, 0) is 31.9 Å². The van der Waals surface area contributed by atoms with Crippen LogP contribution >= 0.6 is 0 Å². The molecule has 4 heteroatoms. The second-order valence-electron chi connectivity index (χ2n) is 8.92. The molecule has 0 aliphatic carbocycles. The van der Waals surface area contributed by atoms with Crippen LogP contribution in [0.2, 0.25) is 0 Å². The zero-order valence-electron chi connectivity index (χ0n) is 19.6. The van der Waals surface area contributed by atoms with E-state index in [4.69, 9.17) is 9.47 Å². The summed E-state index contributed by atoms with van der Waals surface area (Å²) in [5.41, 5.74) is -0.401. The summed E-state index contributed by atoms with van der Waals surface area (Å²) in [5, 5.41) is 13.0. The average molecular weight is 465 g/mol. The van der Waals surface area contributed by atoms with Gasteiger partial charge in [0.1, 0.15) is 5.60 Å². The van der Waals surface area contributed by atoms with Crippen molar-refractivity contribution < 1.29 is 19.4 Å². The van der Waals surface area contributed by atoms with Crippen LogP contribution in [0.3, 0.4) is 0 Å². The third-order valence-corrected chi connectivity index (χ3v) is 7.04. The Morgan fingerprint density at radius 3 is 1.80 bits per heavy atom. The maximum Gasteiger partial charge on any atom is 0.346 e. The van der Waals surface area contributed by atoms with Gasteiger partial charge in [0.15, 0.2) is 0 Å². The minimum absolute atomic E-state index is 0.492. The molecule has 4 atom stereocenters. The number of hydrogen-bond acceptors (Lipinski definition) is 4. The molecule has 0 unspecified atom stereocenters. The molecule has 1 saturated heterocycles. The Hall–Kier alpha value is -3.73. The molecule has 35 heavy (non-hydrogen) atoms. The average Bonchev–Trinajstić information content (AvgIpc) is 3.20. The van der Waals surface area contributed by atoms with E-state index in [9.17, 15) is 9.90 Å². The van der Waals surface area contributed by atoms with E-state index in [0.717, 1.165) is 11.1 Å². The Morgan fingerprint density at radius 2 is 1.26 bits per heavy atom. The van der Waals surface area contributed by atoms with E-state index in [0.29, 0.717) is 17.5 Å². The summed E-state index contributed by atoms with van der Waals surface area (Å²) in [4.78, 5) is 13.8. The van der Waals surface area contributed by atoms with Crippen LogP contribution in [-0.4, -0.2) is 18.2 Å². The number of carbonyl (C=O) groups is 1. The standard InChI is InChI=1S/C31H28O4/c1-34-29(32)31(26-20-12-5-13-21-26)30(33,25-18-10-4-11-19-25)27(22-23-14-6-2-7-15-23)28(35-31)24-16-8-3-9-17-24/h2-21,27-28,33H,22H2,1H3/t27-,28-,30-,31-/m1/s1. The summed E-state index contributed by atoms with van der Waals surface area (Å²) in [5.74, 6) is -1.12. The van der Waals surface area contributed by atoms with Gasteiger partial charge in [-0.1, -0.05) is 121 Å². The molecule has 1 N–H and O–H groups in total. The molecule has 0 radical (unpaired) electrons. The molecular weight excluding hydrogens is 436 g/mol. The van der Waals surface area contributed by atoms with Crippen molar-refractivity contribution in [3.8, 4) is 0 Å². The van der Waals surface area contributed by atoms with Gasteiger partial charge in [-0.25, -0.2) is 4.79 Å². The number of ether oxygens (including phenoxy) is 2. The van der Waals surface area contributed by atoms with Gasteiger partial charge in [-0.3, -0.25) is 0 Å². The molecule has 4 aromatic carbocycles. The second kappa shape index (κ2) is 9.49. The van der Waals surface area contributed by atoms with Crippen molar-refractivity contribution in [2.45, 2.75) is 23.7 Å². The maximum atomic E-state index is 13.8. The normalized spacial score (nSPS) is 25.8. The number of hydrogen-bond donors (Lipinski definition) is 1. The molecule has 4 nitrogen and oxygen atoms in total. The lowest BCUT2D eigenvalue weighted by Gasteiger charge is -2.41. The Bertz CT molecular complexity index is 1260. The third-order valence-electron chi connectivity index (χ3n) is 7.04. The van der Waals surface area contributed by atoms with Gasteiger partial charge in [0.2, 0.25) is 5.60 Å². The van der Waals surface area contributed by atoms with E-state index < -0.39 is 29.2 Å². The molecule has 0 bridgehead atoms. The van der Waals surface area contributed by atoms with E-state index in [1.807, 2.05) is 121 Å². The van der Waals surface area contributed by atoms with Gasteiger partial charge < -0.3 is 14.6 Å². The number of aliphatic hydroxyl groups is 1. The Kier molecular flexibility index (Phi) is 6.25. The van der Waals surface area contributed by atoms with Gasteiger partial charge in [-0.15, -0.1) is 0 Å². The van der Waals surface area contributed by atoms with Crippen molar-refractivity contribution in [2.24, 2.45) is 5.92 Å². The summed E-state index contributed by atoms with van der Waals surface area (Å²) in [6, 6.07) is 38.3. The van der Waals surface area contributed by atoms with E-state index in [2.05, 4.69) is 0 Å². The van der Waals surface area contributed by atoms with Gasteiger partial charge in [0.25, 0.3) is 0 Å². The highest BCUT2D eigenvalue weighted by Crippen LogP contribution is 2.61. The lowest BCUT2D eigenvalue weighted by Crippen LogP contribution is -2.55. The van der Waals surface area contributed by atoms with Gasteiger partial charge in [-0.2, -0.15) is 0 Å². The molecule has 1 heterocycles. The quantitative estimate of drug-likeness (QED) is 0.379. The van der Waals surface area contributed by atoms with Gasteiger partial charge in [-0.05, 0) is 28.7 Å². The second-order valence-corrected chi connectivity index (χ2v) is 8.92. The van der Waals surface area contributed by atoms with Crippen molar-refractivity contribution in [3.63, 3.8) is 0 Å². The third kappa shape index (κ3) is 3.75. The van der Waals surface area contributed by atoms with E-state index in [1.54, 1.807) is 0 Å². The Balaban J connectivity index is 1.81. The van der Waals surface area contributed by atoms with Crippen LogP contribution in [0.25, 0.3) is 0 Å². The monoisotopic (exact) mass is 464 g/mol. The molecule has 0 saturated carbocycles. The fourth-order valence-electron chi connectivity index (χ4n) is 5.44. The van der Waals surface area contributed by atoms with E-state index >= 15 is 0 Å². The van der Waals surface area contributed by atoms with Crippen LogP contribution in [0.4, 0.5) is 0 Å². The molecule has 1 aliphatic rings. The summed E-state index contributed by atoms with van der Waals surface area (Å²) >= 11 is 0. The molecule has 0 aromatic heterocycles. The zero-order valence-corrected chi connectivity index (χ0v) is 19.6. The molecule has 176 valence electrons. The lowest BCUT2D eigenvalue weighted by atomic mass is 9.65. The van der Waals surface area contributed by atoms with Crippen LogP contribution in [0.15, 0.2) is 121 Å². The first-order valence-electron chi connectivity index (χ1n) is 11.8. The molecule has 5 rings (SSSR count). The Labute approximate surface area is 205 Å². The van der Waals surface area contributed by atoms with Crippen LogP contribution < -0.4 is 0 Å². The highest BCUT2D eigenvalue weighted by Gasteiger charge is 2.71. The smallest absolute Gasteiger partial charge is 0.346 e. The van der Waals surface area contributed by atoms with Gasteiger partial charge in [0, 0.05) is 5.92 Å². The predicted octanol–water partition coefficient (Wildman–Crippen LogP) is 5.57. The predicted molar refractivity (Wildman–Crippen MR) is 134 cm³/mol. The summed E-state index contributed by atoms with van der Waals surface area (Å²) < 4.78 is 12.2. The van der Waals surface area contributed by atoms with Crippen molar-refractivity contribution >= 4 is 5.97 Å². The van der Waals surface area contributed by atoms with E-state index in [1.165, 1.54) is 7.11 Å². The van der Waals surface area contributed by atoms with Crippen LogP contribution in [0.5, 0.6) is 0 Å². The number of benzene rings is 4. The van der Waals surface area contributed by atoms with Crippen molar-refractivity contribution in [3.05, 3.63) is 144 Å². The number of rotatable bonds is 6. The fourth-order valence-corrected chi connectivity index (χ4v) is 5.44. The molecule has 1 fully saturated rings.